The van der Waals surface area contributed by atoms with Crippen molar-refractivity contribution in [1.29, 1.82) is 5.26 Å². The van der Waals surface area contributed by atoms with Crippen LogP contribution in [0.15, 0.2) is 29.4 Å². The third kappa shape index (κ3) is 2.96. The molecule has 0 aliphatic rings. The van der Waals surface area contributed by atoms with E-state index in [0.717, 1.165) is 12.0 Å². The molecule has 0 spiro atoms. The van der Waals surface area contributed by atoms with E-state index in [1.165, 1.54) is 7.11 Å². The van der Waals surface area contributed by atoms with Gasteiger partial charge in [-0.2, -0.15) is 5.26 Å². The van der Waals surface area contributed by atoms with Crippen LogP contribution in [0.5, 0.6) is 0 Å². The lowest BCUT2D eigenvalue weighted by Crippen LogP contribution is -1.86. The van der Waals surface area contributed by atoms with Gasteiger partial charge in [0.15, 0.2) is 0 Å². The van der Waals surface area contributed by atoms with E-state index in [0.29, 0.717) is 5.56 Å². The summed E-state index contributed by atoms with van der Waals surface area (Å²) in [4.78, 5) is 4.53. The predicted octanol–water partition coefficient (Wildman–Crippen LogP) is 1.73. The summed E-state index contributed by atoms with van der Waals surface area (Å²) in [6, 6.07) is 9.44. The van der Waals surface area contributed by atoms with Crippen LogP contribution < -0.4 is 0 Å². The number of nitriles is 1. The Morgan fingerprint density at radius 2 is 2.15 bits per heavy atom. The molecule has 0 atom stereocenters. The van der Waals surface area contributed by atoms with Crippen molar-refractivity contribution in [2.45, 2.75) is 6.42 Å². The highest BCUT2D eigenvalue weighted by atomic mass is 16.6. The van der Waals surface area contributed by atoms with E-state index in [1.54, 1.807) is 18.3 Å². The van der Waals surface area contributed by atoms with Crippen molar-refractivity contribution in [2.24, 2.45) is 5.16 Å². The molecule has 0 aliphatic heterocycles. The lowest BCUT2D eigenvalue weighted by Gasteiger charge is -1.94. The summed E-state index contributed by atoms with van der Waals surface area (Å²) in [5.41, 5.74) is 1.78. The fourth-order valence-corrected chi connectivity index (χ4v) is 0.933. The predicted molar refractivity (Wildman–Crippen MR) is 50.4 cm³/mol. The van der Waals surface area contributed by atoms with E-state index in [2.05, 4.69) is 16.1 Å². The van der Waals surface area contributed by atoms with Gasteiger partial charge in [0.2, 0.25) is 0 Å². The van der Waals surface area contributed by atoms with E-state index in [1.807, 2.05) is 12.1 Å². The van der Waals surface area contributed by atoms with Crippen LogP contribution in [0.25, 0.3) is 0 Å². The van der Waals surface area contributed by atoms with E-state index in [9.17, 15) is 0 Å². The summed E-state index contributed by atoms with van der Waals surface area (Å²) in [6.07, 6.45) is 2.40. The van der Waals surface area contributed by atoms with Crippen molar-refractivity contribution in [3.63, 3.8) is 0 Å². The molecule has 3 nitrogen and oxygen atoms in total. The van der Waals surface area contributed by atoms with E-state index in [4.69, 9.17) is 5.26 Å². The van der Waals surface area contributed by atoms with Gasteiger partial charge in [0.05, 0.1) is 11.6 Å². The Kier molecular flexibility index (Phi) is 3.52. The quantitative estimate of drug-likeness (QED) is 0.517. The van der Waals surface area contributed by atoms with Crippen LogP contribution in [0.1, 0.15) is 11.1 Å². The normalized spacial score (nSPS) is 9.85. The molecule has 0 heterocycles. The number of hydrogen-bond acceptors (Lipinski definition) is 3. The molecule has 3 heteroatoms. The zero-order valence-corrected chi connectivity index (χ0v) is 7.40. The second kappa shape index (κ2) is 4.94. The van der Waals surface area contributed by atoms with Crippen LogP contribution in [0.2, 0.25) is 0 Å². The summed E-state index contributed by atoms with van der Waals surface area (Å²) in [6.45, 7) is 0. The van der Waals surface area contributed by atoms with Gasteiger partial charge in [0.25, 0.3) is 0 Å². The van der Waals surface area contributed by atoms with Gasteiger partial charge in [-0.1, -0.05) is 17.3 Å². The minimum atomic E-state index is 0.674. The fraction of sp³-hybridized carbons (Fsp3) is 0.200. The van der Waals surface area contributed by atoms with Gasteiger partial charge >= 0.3 is 0 Å². The zero-order valence-electron chi connectivity index (χ0n) is 7.40. The van der Waals surface area contributed by atoms with Crippen molar-refractivity contribution in [3.8, 4) is 6.07 Å². The van der Waals surface area contributed by atoms with Gasteiger partial charge < -0.3 is 4.84 Å². The maximum Gasteiger partial charge on any atom is 0.106 e. The maximum atomic E-state index is 8.55. The molecule has 0 aliphatic carbocycles. The molecule has 0 saturated carbocycles. The van der Waals surface area contributed by atoms with Gasteiger partial charge in [-0.05, 0) is 17.7 Å². The molecule has 0 fully saturated rings. The van der Waals surface area contributed by atoms with Gasteiger partial charge in [0.1, 0.15) is 7.11 Å². The first-order valence-electron chi connectivity index (χ1n) is 3.91. The highest BCUT2D eigenvalue weighted by Gasteiger charge is 1.91. The maximum absolute atomic E-state index is 8.55. The molecule has 0 saturated heterocycles. The molecule has 0 unspecified atom stereocenters. The molecule has 1 aromatic rings. The average molecular weight is 174 g/mol. The van der Waals surface area contributed by atoms with Crippen LogP contribution in [0.3, 0.4) is 0 Å². The molecule has 1 aromatic carbocycles. The average Bonchev–Trinajstić information content (AvgIpc) is 2.19. The monoisotopic (exact) mass is 174 g/mol. The molecule has 1 rings (SSSR count). The smallest absolute Gasteiger partial charge is 0.106 e. The molecule has 13 heavy (non-hydrogen) atoms. The van der Waals surface area contributed by atoms with Crippen LogP contribution in [-0.2, 0) is 11.3 Å². The van der Waals surface area contributed by atoms with Crippen LogP contribution in [0.4, 0.5) is 0 Å². The summed E-state index contributed by atoms with van der Waals surface area (Å²) in [5.74, 6) is 0. The number of benzene rings is 1. The molecular weight excluding hydrogens is 164 g/mol. The van der Waals surface area contributed by atoms with Gasteiger partial charge in [0, 0.05) is 12.6 Å². The topological polar surface area (TPSA) is 45.4 Å². The summed E-state index contributed by atoms with van der Waals surface area (Å²) in [5, 5.41) is 12.2. The van der Waals surface area contributed by atoms with Crippen molar-refractivity contribution >= 4 is 6.21 Å². The number of rotatable bonds is 3. The Balaban J connectivity index is 2.60. The van der Waals surface area contributed by atoms with Crippen LogP contribution in [-0.4, -0.2) is 13.3 Å². The fourth-order valence-electron chi connectivity index (χ4n) is 0.933. The van der Waals surface area contributed by atoms with Gasteiger partial charge in [-0.3, -0.25) is 0 Å². The SMILES string of the molecule is CON=CCc1ccc(C#N)cc1. The standard InChI is InChI=1S/C10H10N2O/c1-13-12-7-6-9-2-4-10(8-11)5-3-9/h2-5,7H,6H2,1H3. The Hall–Kier alpha value is -1.82. The van der Waals surface area contributed by atoms with Crippen molar-refractivity contribution in [1.82, 2.24) is 0 Å². The zero-order chi connectivity index (χ0) is 9.52. The molecule has 66 valence electrons. The van der Waals surface area contributed by atoms with Crippen molar-refractivity contribution in [2.75, 3.05) is 7.11 Å². The number of nitrogens with zero attached hydrogens (tertiary/aromatic N) is 2. The summed E-state index contributed by atoms with van der Waals surface area (Å²) in [7, 11) is 1.51. The summed E-state index contributed by atoms with van der Waals surface area (Å²) < 4.78 is 0. The van der Waals surface area contributed by atoms with E-state index in [-0.39, 0.29) is 0 Å². The van der Waals surface area contributed by atoms with Crippen LogP contribution >= 0.6 is 0 Å². The number of hydrogen-bond donors (Lipinski definition) is 0. The molecule has 0 bridgehead atoms. The molecule has 0 amide bonds. The number of oxime groups is 1. The minimum absolute atomic E-state index is 0.674. The van der Waals surface area contributed by atoms with Gasteiger partial charge in [-0.25, -0.2) is 0 Å². The third-order valence-electron chi connectivity index (χ3n) is 1.59. The first-order valence-corrected chi connectivity index (χ1v) is 3.91. The Labute approximate surface area is 77.2 Å². The van der Waals surface area contributed by atoms with Crippen LogP contribution in [0, 0.1) is 11.3 Å². The van der Waals surface area contributed by atoms with Crippen molar-refractivity contribution < 1.29 is 4.84 Å². The molecule has 0 radical (unpaired) electrons. The Morgan fingerprint density at radius 3 is 2.69 bits per heavy atom. The van der Waals surface area contributed by atoms with E-state index >= 15 is 0 Å². The first kappa shape index (κ1) is 9.27. The van der Waals surface area contributed by atoms with E-state index < -0.39 is 0 Å². The summed E-state index contributed by atoms with van der Waals surface area (Å²) >= 11 is 0. The van der Waals surface area contributed by atoms with Crippen molar-refractivity contribution in [3.05, 3.63) is 35.4 Å². The highest BCUT2D eigenvalue weighted by molar-refractivity contribution is 5.60. The highest BCUT2D eigenvalue weighted by Crippen LogP contribution is 2.02. The lowest BCUT2D eigenvalue weighted by atomic mass is 10.1. The largest absolute Gasteiger partial charge is 0.399 e. The molecule has 0 aromatic heterocycles. The third-order valence-corrected chi connectivity index (χ3v) is 1.59. The van der Waals surface area contributed by atoms with Gasteiger partial charge in [-0.15, -0.1) is 0 Å². The first-order chi connectivity index (χ1) is 6.36. The molecule has 0 N–H and O–H groups in total. The Morgan fingerprint density at radius 1 is 1.46 bits per heavy atom. The molecular formula is C10H10N2O. The Bertz CT molecular complexity index is 322. The lowest BCUT2D eigenvalue weighted by molar-refractivity contribution is 0.215. The second-order valence-corrected chi connectivity index (χ2v) is 2.48. The minimum Gasteiger partial charge on any atom is -0.399 e. The second-order valence-electron chi connectivity index (χ2n) is 2.48.